The van der Waals surface area contributed by atoms with Gasteiger partial charge in [-0.3, -0.25) is 14.6 Å². The molecule has 0 aliphatic carbocycles. The highest BCUT2D eigenvalue weighted by molar-refractivity contribution is 6.04. The summed E-state index contributed by atoms with van der Waals surface area (Å²) in [5.41, 5.74) is 2.48. The highest BCUT2D eigenvalue weighted by atomic mass is 16.4. The lowest BCUT2D eigenvalue weighted by Crippen LogP contribution is -2.14. The number of benzene rings is 1. The third kappa shape index (κ3) is 3.41. The van der Waals surface area contributed by atoms with Crippen LogP contribution in [-0.2, 0) is 11.2 Å². The summed E-state index contributed by atoms with van der Waals surface area (Å²) in [5, 5.41) is 11.4. The van der Waals surface area contributed by atoms with Gasteiger partial charge in [0.15, 0.2) is 0 Å². The third-order valence-electron chi connectivity index (χ3n) is 2.82. The molecular formula is C15H14N2O3. The van der Waals surface area contributed by atoms with Crippen molar-refractivity contribution in [3.8, 4) is 0 Å². The van der Waals surface area contributed by atoms with Crippen molar-refractivity contribution in [2.45, 2.75) is 13.3 Å². The number of hydrogen-bond acceptors (Lipinski definition) is 3. The van der Waals surface area contributed by atoms with Crippen molar-refractivity contribution in [1.29, 1.82) is 0 Å². The van der Waals surface area contributed by atoms with Crippen LogP contribution in [0.15, 0.2) is 42.6 Å². The number of aryl methyl sites for hydroxylation is 1. The first-order valence-corrected chi connectivity index (χ1v) is 6.10. The number of rotatable bonds is 4. The summed E-state index contributed by atoms with van der Waals surface area (Å²) in [4.78, 5) is 26.7. The number of hydrogen-bond donors (Lipinski definition) is 2. The molecule has 2 N–H and O–H groups in total. The molecule has 0 aliphatic heterocycles. The molecule has 2 rings (SSSR count). The Bertz CT molecular complexity index is 636. The number of pyridine rings is 1. The molecule has 5 nitrogen and oxygen atoms in total. The molecule has 1 heterocycles. The molecule has 102 valence electrons. The highest BCUT2D eigenvalue weighted by Gasteiger charge is 2.09. The largest absolute Gasteiger partial charge is 0.481 e. The lowest BCUT2D eigenvalue weighted by atomic mass is 10.1. The molecule has 0 bridgehead atoms. The molecule has 1 aromatic carbocycles. The first-order chi connectivity index (χ1) is 9.56. The molecule has 20 heavy (non-hydrogen) atoms. The molecule has 1 aromatic heterocycles. The van der Waals surface area contributed by atoms with E-state index in [1.165, 1.54) is 0 Å². The molecule has 0 saturated carbocycles. The van der Waals surface area contributed by atoms with Crippen LogP contribution in [0.3, 0.4) is 0 Å². The van der Waals surface area contributed by atoms with Gasteiger partial charge in [-0.1, -0.05) is 12.1 Å². The average Bonchev–Trinajstić information content (AvgIpc) is 2.41. The second-order valence-electron chi connectivity index (χ2n) is 4.36. The molecule has 0 spiro atoms. The summed E-state index contributed by atoms with van der Waals surface area (Å²) in [6.45, 7) is 1.77. The summed E-state index contributed by atoms with van der Waals surface area (Å²) in [6, 6.07) is 10.1. The van der Waals surface area contributed by atoms with Crippen LogP contribution in [0.4, 0.5) is 5.69 Å². The predicted molar refractivity (Wildman–Crippen MR) is 74.7 cm³/mol. The van der Waals surface area contributed by atoms with Crippen LogP contribution in [0.1, 0.15) is 21.6 Å². The van der Waals surface area contributed by atoms with Crippen LogP contribution >= 0.6 is 0 Å². The van der Waals surface area contributed by atoms with E-state index in [1.807, 2.05) is 0 Å². The minimum absolute atomic E-state index is 0.0318. The van der Waals surface area contributed by atoms with Gasteiger partial charge in [-0.15, -0.1) is 0 Å². The predicted octanol–water partition coefficient (Wildman–Crippen LogP) is 2.27. The monoisotopic (exact) mass is 270 g/mol. The summed E-state index contributed by atoms with van der Waals surface area (Å²) in [5.74, 6) is -1.12. The number of aromatic nitrogens is 1. The number of aliphatic carboxylic acids is 1. The Morgan fingerprint density at radius 3 is 2.50 bits per heavy atom. The van der Waals surface area contributed by atoms with Crippen molar-refractivity contribution in [3.05, 3.63) is 59.4 Å². The Morgan fingerprint density at radius 2 is 1.90 bits per heavy atom. The highest BCUT2D eigenvalue weighted by Crippen LogP contribution is 2.13. The number of carbonyl (C=O) groups is 2. The van der Waals surface area contributed by atoms with Crippen LogP contribution in [0.25, 0.3) is 0 Å². The van der Waals surface area contributed by atoms with E-state index in [4.69, 9.17) is 5.11 Å². The number of nitrogens with one attached hydrogen (secondary N) is 1. The van der Waals surface area contributed by atoms with Gasteiger partial charge in [0.2, 0.25) is 0 Å². The molecule has 0 fully saturated rings. The maximum absolute atomic E-state index is 12.1. The summed E-state index contributed by atoms with van der Waals surface area (Å²) in [7, 11) is 0. The van der Waals surface area contributed by atoms with E-state index in [0.717, 1.165) is 0 Å². The molecule has 5 heteroatoms. The number of carbonyl (C=O) groups excluding carboxylic acids is 1. The van der Waals surface area contributed by atoms with E-state index in [-0.39, 0.29) is 12.3 Å². The molecule has 0 atom stereocenters. The van der Waals surface area contributed by atoms with Gasteiger partial charge in [0, 0.05) is 17.6 Å². The van der Waals surface area contributed by atoms with Gasteiger partial charge in [-0.05, 0) is 36.8 Å². The summed E-state index contributed by atoms with van der Waals surface area (Å²) in [6.07, 6.45) is 1.60. The topological polar surface area (TPSA) is 79.3 Å². The van der Waals surface area contributed by atoms with Crippen LogP contribution in [0, 0.1) is 6.92 Å². The van der Waals surface area contributed by atoms with Gasteiger partial charge in [-0.25, -0.2) is 0 Å². The Labute approximate surface area is 116 Å². The maximum Gasteiger partial charge on any atom is 0.307 e. The zero-order valence-corrected chi connectivity index (χ0v) is 11.0. The smallest absolute Gasteiger partial charge is 0.307 e. The molecule has 0 radical (unpaired) electrons. The van der Waals surface area contributed by atoms with E-state index < -0.39 is 5.97 Å². The SMILES string of the molecule is Cc1ncccc1C(=O)Nc1ccc(CC(=O)O)cc1. The van der Waals surface area contributed by atoms with Gasteiger partial charge in [0.05, 0.1) is 12.0 Å². The lowest BCUT2D eigenvalue weighted by molar-refractivity contribution is -0.136. The Morgan fingerprint density at radius 1 is 1.20 bits per heavy atom. The minimum atomic E-state index is -0.882. The van der Waals surface area contributed by atoms with Crippen molar-refractivity contribution >= 4 is 17.6 Å². The summed E-state index contributed by atoms with van der Waals surface area (Å²) >= 11 is 0. The number of carboxylic acid groups (broad SMARTS) is 1. The van der Waals surface area contributed by atoms with E-state index >= 15 is 0 Å². The van der Waals surface area contributed by atoms with Crippen molar-refractivity contribution < 1.29 is 14.7 Å². The number of carboxylic acids is 1. The van der Waals surface area contributed by atoms with Gasteiger partial charge >= 0.3 is 5.97 Å². The molecule has 0 aliphatic rings. The zero-order chi connectivity index (χ0) is 14.5. The van der Waals surface area contributed by atoms with Gasteiger partial charge < -0.3 is 10.4 Å². The first kappa shape index (κ1) is 13.7. The second kappa shape index (κ2) is 5.97. The lowest BCUT2D eigenvalue weighted by Gasteiger charge is -2.07. The average molecular weight is 270 g/mol. The fraction of sp³-hybridized carbons (Fsp3) is 0.133. The fourth-order valence-electron chi connectivity index (χ4n) is 1.80. The normalized spacial score (nSPS) is 10.1. The van der Waals surface area contributed by atoms with E-state index in [0.29, 0.717) is 22.5 Å². The molecule has 0 unspecified atom stereocenters. The second-order valence-corrected chi connectivity index (χ2v) is 4.36. The Balaban J connectivity index is 2.09. The van der Waals surface area contributed by atoms with Crippen LogP contribution < -0.4 is 5.32 Å². The van der Waals surface area contributed by atoms with Gasteiger partial charge in [-0.2, -0.15) is 0 Å². The number of amides is 1. The van der Waals surface area contributed by atoms with Gasteiger partial charge in [0.1, 0.15) is 0 Å². The van der Waals surface area contributed by atoms with E-state index in [1.54, 1.807) is 49.5 Å². The summed E-state index contributed by atoms with van der Waals surface area (Å²) < 4.78 is 0. The molecular weight excluding hydrogens is 256 g/mol. The zero-order valence-electron chi connectivity index (χ0n) is 11.0. The van der Waals surface area contributed by atoms with Crippen molar-refractivity contribution in [2.24, 2.45) is 0 Å². The van der Waals surface area contributed by atoms with Crippen molar-refractivity contribution in [2.75, 3.05) is 5.32 Å². The quantitative estimate of drug-likeness (QED) is 0.893. The van der Waals surface area contributed by atoms with Crippen LogP contribution in [-0.4, -0.2) is 22.0 Å². The van der Waals surface area contributed by atoms with Crippen molar-refractivity contribution in [1.82, 2.24) is 4.98 Å². The maximum atomic E-state index is 12.1. The van der Waals surface area contributed by atoms with Crippen molar-refractivity contribution in [3.63, 3.8) is 0 Å². The molecule has 0 saturated heterocycles. The van der Waals surface area contributed by atoms with E-state index in [2.05, 4.69) is 10.3 Å². The van der Waals surface area contributed by atoms with E-state index in [9.17, 15) is 9.59 Å². The van der Waals surface area contributed by atoms with Crippen LogP contribution in [0.2, 0.25) is 0 Å². The number of anilines is 1. The molecule has 1 amide bonds. The fourth-order valence-corrected chi connectivity index (χ4v) is 1.80. The number of nitrogens with zero attached hydrogens (tertiary/aromatic N) is 1. The third-order valence-corrected chi connectivity index (χ3v) is 2.82. The molecule has 2 aromatic rings. The van der Waals surface area contributed by atoms with Gasteiger partial charge in [0.25, 0.3) is 5.91 Å². The Kier molecular flexibility index (Phi) is 4.10. The van der Waals surface area contributed by atoms with Crippen LogP contribution in [0.5, 0.6) is 0 Å². The minimum Gasteiger partial charge on any atom is -0.481 e. The first-order valence-electron chi connectivity index (χ1n) is 6.10. The standard InChI is InChI=1S/C15H14N2O3/c1-10-13(3-2-8-16-10)15(20)17-12-6-4-11(5-7-12)9-14(18)19/h2-8H,9H2,1H3,(H,17,20)(H,18,19). The Hall–Kier alpha value is -2.69.